The second kappa shape index (κ2) is 8.21. The van der Waals surface area contributed by atoms with Crippen molar-refractivity contribution in [1.29, 1.82) is 0 Å². The number of rotatable bonds is 6. The average Bonchev–Trinajstić information content (AvgIpc) is 2.91. The number of amidine groups is 1. The Kier molecular flexibility index (Phi) is 6.49. The van der Waals surface area contributed by atoms with Crippen molar-refractivity contribution in [2.24, 2.45) is 16.8 Å². The van der Waals surface area contributed by atoms with Gasteiger partial charge in [-0.05, 0) is 37.3 Å². The molecule has 0 amide bonds. The first kappa shape index (κ1) is 19.8. The standard InChI is InChI=1S/C19H29N3O2S/c1-7-13(4)18-11-25-19(21(18)10-12(2)3)20-16-8-15(6)17(22(23)24)9-14(16)5/h8-9,12-13,18H,7,10-11H2,1-6H3/t13?,18-/m1/s1. The summed E-state index contributed by atoms with van der Waals surface area (Å²) < 4.78 is 0. The van der Waals surface area contributed by atoms with Crippen molar-refractivity contribution in [3.8, 4) is 0 Å². The van der Waals surface area contributed by atoms with Gasteiger partial charge in [-0.3, -0.25) is 10.1 Å². The Morgan fingerprint density at radius 2 is 2.00 bits per heavy atom. The number of benzene rings is 1. The number of thioether (sulfide) groups is 1. The van der Waals surface area contributed by atoms with Crippen molar-refractivity contribution in [2.45, 2.75) is 54.0 Å². The van der Waals surface area contributed by atoms with Crippen LogP contribution >= 0.6 is 11.8 Å². The monoisotopic (exact) mass is 363 g/mol. The number of aryl methyl sites for hydroxylation is 2. The van der Waals surface area contributed by atoms with Gasteiger partial charge in [0, 0.05) is 30.0 Å². The van der Waals surface area contributed by atoms with E-state index in [-0.39, 0.29) is 10.6 Å². The third kappa shape index (κ3) is 4.54. The minimum atomic E-state index is -0.326. The SMILES string of the molecule is CCC(C)[C@H]1CSC(=Nc2cc(C)c([N+](=O)[O-])cc2C)N1CC(C)C. The van der Waals surface area contributed by atoms with Gasteiger partial charge in [0.1, 0.15) is 0 Å². The number of aliphatic imine (C=N–C) groups is 1. The molecule has 0 N–H and O–H groups in total. The molecular formula is C19H29N3O2S. The molecule has 1 fully saturated rings. The third-order valence-corrected chi connectivity index (χ3v) is 5.91. The molecule has 5 nitrogen and oxygen atoms in total. The average molecular weight is 364 g/mol. The van der Waals surface area contributed by atoms with Gasteiger partial charge in [-0.2, -0.15) is 0 Å². The van der Waals surface area contributed by atoms with Crippen LogP contribution in [-0.4, -0.2) is 33.3 Å². The second-order valence-electron chi connectivity index (χ2n) is 7.39. The van der Waals surface area contributed by atoms with Crippen LogP contribution in [0.15, 0.2) is 17.1 Å². The van der Waals surface area contributed by atoms with Crippen molar-refractivity contribution < 1.29 is 4.92 Å². The van der Waals surface area contributed by atoms with Crippen LogP contribution in [0.3, 0.4) is 0 Å². The highest BCUT2D eigenvalue weighted by Crippen LogP contribution is 2.34. The van der Waals surface area contributed by atoms with Gasteiger partial charge in [0.2, 0.25) is 0 Å². The molecular weight excluding hydrogens is 334 g/mol. The zero-order valence-corrected chi connectivity index (χ0v) is 16.9. The van der Waals surface area contributed by atoms with Crippen LogP contribution in [0, 0.1) is 35.8 Å². The van der Waals surface area contributed by atoms with Gasteiger partial charge < -0.3 is 4.90 Å². The van der Waals surface area contributed by atoms with Gasteiger partial charge in [0.05, 0.1) is 10.6 Å². The summed E-state index contributed by atoms with van der Waals surface area (Å²) in [7, 11) is 0. The Balaban J connectivity index is 2.38. The van der Waals surface area contributed by atoms with E-state index in [9.17, 15) is 10.1 Å². The van der Waals surface area contributed by atoms with E-state index in [4.69, 9.17) is 4.99 Å². The van der Waals surface area contributed by atoms with Crippen LogP contribution in [0.25, 0.3) is 0 Å². The highest BCUT2D eigenvalue weighted by molar-refractivity contribution is 8.14. The van der Waals surface area contributed by atoms with E-state index in [2.05, 4.69) is 32.6 Å². The molecule has 2 atom stereocenters. The second-order valence-corrected chi connectivity index (χ2v) is 8.37. The fourth-order valence-electron chi connectivity index (χ4n) is 3.13. The fourth-order valence-corrected chi connectivity index (χ4v) is 4.49. The zero-order chi connectivity index (χ0) is 18.7. The van der Waals surface area contributed by atoms with Crippen LogP contribution < -0.4 is 0 Å². The molecule has 6 heteroatoms. The Labute approximate surface area is 155 Å². The van der Waals surface area contributed by atoms with Crippen LogP contribution in [0.4, 0.5) is 11.4 Å². The Bertz CT molecular complexity index is 673. The molecule has 1 aliphatic heterocycles. The van der Waals surface area contributed by atoms with E-state index in [1.165, 1.54) is 0 Å². The van der Waals surface area contributed by atoms with Gasteiger partial charge in [-0.1, -0.05) is 45.9 Å². The summed E-state index contributed by atoms with van der Waals surface area (Å²) in [4.78, 5) is 18.1. The molecule has 0 spiro atoms. The van der Waals surface area contributed by atoms with Gasteiger partial charge in [-0.25, -0.2) is 4.99 Å². The van der Waals surface area contributed by atoms with Crippen molar-refractivity contribution in [2.75, 3.05) is 12.3 Å². The number of nitro benzene ring substituents is 1. The van der Waals surface area contributed by atoms with E-state index in [1.807, 2.05) is 13.0 Å². The lowest BCUT2D eigenvalue weighted by Gasteiger charge is -2.31. The molecule has 0 radical (unpaired) electrons. The Hall–Kier alpha value is -1.56. The summed E-state index contributed by atoms with van der Waals surface area (Å²) >= 11 is 1.81. The lowest BCUT2D eigenvalue weighted by molar-refractivity contribution is -0.385. The predicted molar refractivity (Wildman–Crippen MR) is 107 cm³/mol. The molecule has 2 rings (SSSR count). The van der Waals surface area contributed by atoms with Crippen LogP contribution in [0.2, 0.25) is 0 Å². The van der Waals surface area contributed by atoms with E-state index < -0.39 is 0 Å². The molecule has 0 bridgehead atoms. The largest absolute Gasteiger partial charge is 0.347 e. The van der Waals surface area contributed by atoms with Gasteiger partial charge in [0.15, 0.2) is 5.17 Å². The number of nitrogens with zero attached hydrogens (tertiary/aromatic N) is 3. The summed E-state index contributed by atoms with van der Waals surface area (Å²) in [6, 6.07) is 3.98. The molecule has 138 valence electrons. The molecule has 1 aromatic rings. The van der Waals surface area contributed by atoms with Crippen LogP contribution in [-0.2, 0) is 0 Å². The molecule has 1 aliphatic rings. The summed E-state index contributed by atoms with van der Waals surface area (Å²) in [6.45, 7) is 13.7. The van der Waals surface area contributed by atoms with E-state index in [0.29, 0.717) is 23.4 Å². The van der Waals surface area contributed by atoms with Crippen molar-refractivity contribution >= 4 is 28.3 Å². The zero-order valence-electron chi connectivity index (χ0n) is 16.1. The van der Waals surface area contributed by atoms with Crippen molar-refractivity contribution in [1.82, 2.24) is 4.90 Å². The maximum absolute atomic E-state index is 11.1. The third-order valence-electron chi connectivity index (χ3n) is 4.82. The maximum Gasteiger partial charge on any atom is 0.272 e. The molecule has 0 aromatic heterocycles. The molecule has 1 heterocycles. The number of hydrogen-bond donors (Lipinski definition) is 0. The van der Waals surface area contributed by atoms with Crippen molar-refractivity contribution in [3.63, 3.8) is 0 Å². The maximum atomic E-state index is 11.1. The summed E-state index contributed by atoms with van der Waals surface area (Å²) in [5, 5.41) is 12.2. The van der Waals surface area contributed by atoms with Crippen molar-refractivity contribution in [3.05, 3.63) is 33.4 Å². The lowest BCUT2D eigenvalue weighted by Crippen LogP contribution is -2.40. The van der Waals surface area contributed by atoms with Gasteiger partial charge in [0.25, 0.3) is 5.69 Å². The first-order valence-electron chi connectivity index (χ1n) is 8.98. The summed E-state index contributed by atoms with van der Waals surface area (Å²) in [5.74, 6) is 2.25. The Morgan fingerprint density at radius 1 is 1.32 bits per heavy atom. The predicted octanol–water partition coefficient (Wildman–Crippen LogP) is 5.32. The van der Waals surface area contributed by atoms with Crippen LogP contribution in [0.5, 0.6) is 0 Å². The fraction of sp³-hybridized carbons (Fsp3) is 0.632. The highest BCUT2D eigenvalue weighted by atomic mass is 32.2. The molecule has 1 unspecified atom stereocenters. The Morgan fingerprint density at radius 3 is 2.56 bits per heavy atom. The molecule has 1 aromatic carbocycles. The van der Waals surface area contributed by atoms with Gasteiger partial charge >= 0.3 is 0 Å². The molecule has 25 heavy (non-hydrogen) atoms. The normalized spacial score (nSPS) is 20.5. The topological polar surface area (TPSA) is 58.7 Å². The quantitative estimate of drug-likeness (QED) is 0.507. The number of nitro groups is 1. The lowest BCUT2D eigenvalue weighted by atomic mass is 9.99. The minimum Gasteiger partial charge on any atom is -0.347 e. The summed E-state index contributed by atoms with van der Waals surface area (Å²) in [5.41, 5.74) is 2.51. The van der Waals surface area contributed by atoms with Crippen LogP contribution in [0.1, 0.15) is 45.2 Å². The first-order valence-corrected chi connectivity index (χ1v) is 9.96. The first-order chi connectivity index (χ1) is 11.7. The molecule has 1 saturated heterocycles. The summed E-state index contributed by atoms with van der Waals surface area (Å²) in [6.07, 6.45) is 1.16. The minimum absolute atomic E-state index is 0.164. The van der Waals surface area contributed by atoms with E-state index >= 15 is 0 Å². The number of hydrogen-bond acceptors (Lipinski definition) is 4. The van der Waals surface area contributed by atoms with E-state index in [0.717, 1.165) is 35.1 Å². The smallest absolute Gasteiger partial charge is 0.272 e. The molecule has 0 aliphatic carbocycles. The van der Waals surface area contributed by atoms with Gasteiger partial charge in [-0.15, -0.1) is 0 Å². The molecule has 0 saturated carbocycles. The highest BCUT2D eigenvalue weighted by Gasteiger charge is 2.33. The van der Waals surface area contributed by atoms with E-state index in [1.54, 1.807) is 24.8 Å².